The molecule has 29 heavy (non-hydrogen) atoms. The summed E-state index contributed by atoms with van der Waals surface area (Å²) in [5, 5.41) is 2.51. The number of ketones is 1. The highest BCUT2D eigenvalue weighted by atomic mass is 35.7. The van der Waals surface area contributed by atoms with E-state index >= 15 is 0 Å². The summed E-state index contributed by atoms with van der Waals surface area (Å²) in [6.45, 7) is 6.61. The summed E-state index contributed by atoms with van der Waals surface area (Å²) in [6.07, 6.45) is 2.54. The number of para-hydroxylation sites is 1. The number of pyridine rings is 1. The maximum atomic E-state index is 13.1. The molecule has 0 saturated carbocycles. The first kappa shape index (κ1) is 21.7. The second-order valence-electron chi connectivity index (χ2n) is 8.30. The molecule has 0 bridgehead atoms. The molecule has 3 aromatic rings. The summed E-state index contributed by atoms with van der Waals surface area (Å²) < 4.78 is 38.5. The molecule has 1 aromatic carbocycles. The lowest BCUT2D eigenvalue weighted by Crippen LogP contribution is -2.68. The monoisotopic (exact) mass is 420 g/mol. The lowest BCUT2D eigenvalue weighted by Gasteiger charge is -2.29. The third-order valence-electron chi connectivity index (χ3n) is 5.63. The van der Waals surface area contributed by atoms with Gasteiger partial charge in [-0.2, -0.15) is 0 Å². The molecule has 2 aromatic heterocycles. The summed E-state index contributed by atoms with van der Waals surface area (Å²) in [5.41, 5.74) is 5.83. The molecular weight excluding hydrogens is 396 g/mol. The van der Waals surface area contributed by atoms with Crippen LogP contribution in [0.25, 0.3) is 21.8 Å². The maximum absolute atomic E-state index is 13.1. The molecule has 7 nitrogen and oxygen atoms in total. The van der Waals surface area contributed by atoms with Gasteiger partial charge in [-0.05, 0) is 11.5 Å². The molecule has 1 aliphatic rings. The number of halogens is 1. The van der Waals surface area contributed by atoms with Crippen molar-refractivity contribution in [1.29, 1.82) is 0 Å². The van der Waals surface area contributed by atoms with Gasteiger partial charge in [-0.15, -0.1) is 10.2 Å². The molecule has 0 saturated heterocycles. The number of rotatable bonds is 1. The van der Waals surface area contributed by atoms with Crippen LogP contribution in [-0.2, 0) is 26.9 Å². The first-order chi connectivity index (χ1) is 13.4. The first-order valence-corrected chi connectivity index (χ1v) is 10.6. The van der Waals surface area contributed by atoms with Crippen molar-refractivity contribution in [3.8, 4) is 0 Å². The van der Waals surface area contributed by atoms with Gasteiger partial charge in [0.25, 0.3) is 0 Å². The van der Waals surface area contributed by atoms with Crippen molar-refractivity contribution >= 4 is 27.6 Å². The van der Waals surface area contributed by atoms with Crippen molar-refractivity contribution < 1.29 is 38.2 Å². The van der Waals surface area contributed by atoms with E-state index in [2.05, 4.69) is 68.3 Å². The van der Waals surface area contributed by atoms with Gasteiger partial charge in [0.05, 0.1) is 10.9 Å². The number of benzene rings is 1. The van der Waals surface area contributed by atoms with Crippen molar-refractivity contribution in [1.82, 2.24) is 4.57 Å². The standard InChI is InChI=1S/C21H25N2O.ClHO4/c1-6-14-18-13-9-7-8-10-15(13)23(5)20(18)19-16(22(14)4)11-21(2,3)12-17(19)24;2-1(3,4)5/h7-10H,6,11-12H2,1-5H3;(H,2,3,4,5)/q+1;/p-1. The average Bonchev–Trinajstić information content (AvgIpc) is 2.86. The SMILES string of the molecule is CCc1c2c3ccccc3n(C)c2c2c([n+]1C)CC(C)(C)CC2=O.[O-][Cl+3]([O-])([O-])[O-]. The van der Waals surface area contributed by atoms with E-state index in [0.29, 0.717) is 6.42 Å². The summed E-state index contributed by atoms with van der Waals surface area (Å²) in [5.74, 6) is 0.287. The number of fused-ring (bicyclic) bond motifs is 5. The summed E-state index contributed by atoms with van der Waals surface area (Å²) in [4.78, 5) is 13.1. The van der Waals surface area contributed by atoms with Crippen LogP contribution in [0.5, 0.6) is 0 Å². The number of hydrogen-bond donors (Lipinski definition) is 0. The van der Waals surface area contributed by atoms with E-state index in [9.17, 15) is 4.79 Å². The molecule has 1 aliphatic carbocycles. The van der Waals surface area contributed by atoms with Crippen LogP contribution in [0.2, 0.25) is 0 Å². The van der Waals surface area contributed by atoms with Crippen molar-refractivity contribution in [3.63, 3.8) is 0 Å². The van der Waals surface area contributed by atoms with Gasteiger partial charge in [0.2, 0.25) is 0 Å². The van der Waals surface area contributed by atoms with Crippen molar-refractivity contribution in [3.05, 3.63) is 41.2 Å². The Kier molecular flexibility index (Phi) is 5.49. The predicted molar refractivity (Wildman–Crippen MR) is 97.4 cm³/mol. The molecular formula is C21H25ClN2O5. The Morgan fingerprint density at radius 1 is 1.14 bits per heavy atom. The molecule has 8 heteroatoms. The van der Waals surface area contributed by atoms with Gasteiger partial charge < -0.3 is 4.57 Å². The van der Waals surface area contributed by atoms with Crippen LogP contribution in [0, 0.1) is 15.7 Å². The Morgan fingerprint density at radius 2 is 1.72 bits per heavy atom. The molecule has 2 heterocycles. The average molecular weight is 421 g/mol. The van der Waals surface area contributed by atoms with Crippen LogP contribution >= 0.6 is 0 Å². The number of Topliss-reactive ketones (excluding diaryl/α,β-unsaturated/α-hetero) is 1. The zero-order chi connectivity index (χ0) is 21.7. The third-order valence-corrected chi connectivity index (χ3v) is 5.63. The third kappa shape index (κ3) is 4.01. The lowest BCUT2D eigenvalue weighted by molar-refractivity contribution is -2.00. The van der Waals surface area contributed by atoms with Gasteiger partial charge >= 0.3 is 0 Å². The van der Waals surface area contributed by atoms with E-state index in [4.69, 9.17) is 18.6 Å². The Balaban J connectivity index is 0.000000431. The Morgan fingerprint density at radius 3 is 2.31 bits per heavy atom. The van der Waals surface area contributed by atoms with E-state index in [1.165, 1.54) is 27.7 Å². The van der Waals surface area contributed by atoms with Crippen LogP contribution in [0.15, 0.2) is 24.3 Å². The van der Waals surface area contributed by atoms with Crippen LogP contribution in [0.1, 0.15) is 48.9 Å². The van der Waals surface area contributed by atoms with Crippen LogP contribution in [0.3, 0.4) is 0 Å². The van der Waals surface area contributed by atoms with Gasteiger partial charge in [-0.1, -0.05) is 39.0 Å². The van der Waals surface area contributed by atoms with Crippen LogP contribution < -0.4 is 23.2 Å². The van der Waals surface area contributed by atoms with E-state index in [1.807, 2.05) is 0 Å². The fourth-order valence-corrected chi connectivity index (χ4v) is 4.57. The highest BCUT2D eigenvalue weighted by Crippen LogP contribution is 2.39. The zero-order valence-electron chi connectivity index (χ0n) is 17.2. The molecule has 0 amide bonds. The first-order valence-electron chi connectivity index (χ1n) is 9.41. The van der Waals surface area contributed by atoms with E-state index in [-0.39, 0.29) is 11.2 Å². The van der Waals surface area contributed by atoms with E-state index < -0.39 is 10.2 Å². The van der Waals surface area contributed by atoms with Crippen molar-refractivity contribution in [2.75, 3.05) is 0 Å². The lowest BCUT2D eigenvalue weighted by atomic mass is 9.75. The summed E-state index contributed by atoms with van der Waals surface area (Å²) >= 11 is 0. The Hall–Kier alpha value is -2.03. The molecule has 0 N–H and O–H groups in total. The van der Waals surface area contributed by atoms with E-state index in [0.717, 1.165) is 23.9 Å². The zero-order valence-corrected chi connectivity index (χ0v) is 18.0. The van der Waals surface area contributed by atoms with Crippen molar-refractivity contribution in [2.24, 2.45) is 19.5 Å². The molecule has 0 aliphatic heterocycles. The van der Waals surface area contributed by atoms with Gasteiger partial charge in [-0.25, -0.2) is 23.2 Å². The predicted octanol–water partition coefficient (Wildman–Crippen LogP) is -0.882. The maximum Gasteiger partial charge on any atom is 0.194 e. The van der Waals surface area contributed by atoms with Gasteiger partial charge in [0.15, 0.2) is 17.2 Å². The highest BCUT2D eigenvalue weighted by Gasteiger charge is 2.40. The number of hydrogen-bond acceptors (Lipinski definition) is 5. The van der Waals surface area contributed by atoms with Gasteiger partial charge in [0, 0.05) is 37.2 Å². The number of carbonyl (C=O) groups excluding carboxylic acids is 1. The molecule has 4 rings (SSSR count). The largest absolute Gasteiger partial charge is 0.343 e. The van der Waals surface area contributed by atoms with Gasteiger partial charge in [0.1, 0.15) is 12.6 Å². The van der Waals surface area contributed by atoms with Crippen LogP contribution in [-0.4, -0.2) is 10.4 Å². The fraction of sp³-hybridized carbons (Fsp3) is 0.429. The second kappa shape index (κ2) is 7.34. The molecule has 0 unspecified atom stereocenters. The van der Waals surface area contributed by atoms with Crippen molar-refractivity contribution in [2.45, 2.75) is 40.0 Å². The minimum absolute atomic E-state index is 0.0329. The quantitative estimate of drug-likeness (QED) is 0.473. The normalized spacial score (nSPS) is 16.0. The minimum Gasteiger partial charge on any atom is -0.343 e. The smallest absolute Gasteiger partial charge is 0.194 e. The highest BCUT2D eigenvalue weighted by molar-refractivity contribution is 6.17. The van der Waals surface area contributed by atoms with Crippen LogP contribution in [0.4, 0.5) is 0 Å². The molecule has 0 spiro atoms. The van der Waals surface area contributed by atoms with Gasteiger partial charge in [-0.3, -0.25) is 4.79 Å². The Labute approximate surface area is 171 Å². The summed E-state index contributed by atoms with van der Waals surface area (Å²) in [7, 11) is -0.717. The topological polar surface area (TPSA) is 118 Å². The number of aromatic nitrogens is 2. The molecule has 0 fully saturated rings. The molecule has 156 valence electrons. The number of carbonyl (C=O) groups is 1. The van der Waals surface area contributed by atoms with E-state index in [1.54, 1.807) is 0 Å². The number of nitrogens with zero attached hydrogens (tertiary/aromatic N) is 2. The minimum atomic E-state index is -4.94. The molecule has 0 atom stereocenters. The second-order valence-corrected chi connectivity index (χ2v) is 9.06. The fourth-order valence-electron chi connectivity index (χ4n) is 4.57. The molecule has 0 radical (unpaired) electrons. The summed E-state index contributed by atoms with van der Waals surface area (Å²) in [6, 6.07) is 8.49. The number of aryl methyl sites for hydroxylation is 2. The Bertz CT molecular complexity index is 1110.